The number of nitrogens with zero attached hydrogens (tertiary/aromatic N) is 2. The number of benzene rings is 2. The van der Waals surface area contributed by atoms with E-state index in [1.165, 1.54) is 4.90 Å². The van der Waals surface area contributed by atoms with E-state index >= 15 is 0 Å². The summed E-state index contributed by atoms with van der Waals surface area (Å²) in [5.74, 6) is -1.16. The minimum Gasteiger partial charge on any atom is -0.355 e. The zero-order valence-electron chi connectivity index (χ0n) is 20.2. The molecule has 2 rings (SSSR count). The van der Waals surface area contributed by atoms with Crippen LogP contribution in [0.4, 0.5) is 18.9 Å². The van der Waals surface area contributed by atoms with Gasteiger partial charge in [-0.2, -0.15) is 13.2 Å². The Morgan fingerprint density at radius 3 is 2.25 bits per heavy atom. The Labute approximate surface area is 214 Å². The molecule has 0 radical (unpaired) electrons. The maximum absolute atomic E-state index is 13.5. The lowest BCUT2D eigenvalue weighted by Crippen LogP contribution is -2.53. The summed E-state index contributed by atoms with van der Waals surface area (Å²) in [7, 11) is -4.23. The highest BCUT2D eigenvalue weighted by Gasteiger charge is 2.35. The van der Waals surface area contributed by atoms with Crippen LogP contribution < -0.4 is 9.62 Å². The predicted molar refractivity (Wildman–Crippen MR) is 133 cm³/mol. The molecule has 0 aliphatic carbocycles. The first kappa shape index (κ1) is 29.4. The van der Waals surface area contributed by atoms with Gasteiger partial charge in [0, 0.05) is 13.1 Å². The first-order valence-corrected chi connectivity index (χ1v) is 13.5. The highest BCUT2D eigenvalue weighted by molar-refractivity contribution is 7.92. The van der Waals surface area contributed by atoms with Crippen molar-refractivity contribution in [3.05, 3.63) is 64.7 Å². The van der Waals surface area contributed by atoms with Crippen LogP contribution in [0.1, 0.15) is 31.4 Å². The highest BCUT2D eigenvalue weighted by atomic mass is 35.5. The molecule has 0 saturated carbocycles. The smallest absolute Gasteiger partial charge is 0.355 e. The summed E-state index contributed by atoms with van der Waals surface area (Å²) in [4.78, 5) is 27.4. The fourth-order valence-electron chi connectivity index (χ4n) is 3.66. The number of carbonyl (C=O) groups excluding carboxylic acids is 2. The standard InChI is InChI=1S/C24H29ClF3N3O4S/c1-4-20(23(33)29-5-2)30(14-13-17-9-7-6-8-10-17)22(32)16-31(36(3,34)35)21-15-18(24(26,27)28)11-12-19(21)25/h6-12,15,20H,4-5,13-14,16H2,1-3H3,(H,29,33)/t20-/m1/s1. The van der Waals surface area contributed by atoms with E-state index in [0.717, 1.165) is 24.0 Å². The first-order valence-electron chi connectivity index (χ1n) is 11.2. The summed E-state index contributed by atoms with van der Waals surface area (Å²) in [6, 6.07) is 10.5. The van der Waals surface area contributed by atoms with Crippen molar-refractivity contribution in [2.75, 3.05) is 30.2 Å². The average molecular weight is 548 g/mol. The van der Waals surface area contributed by atoms with Crippen LogP contribution in [0.3, 0.4) is 0 Å². The van der Waals surface area contributed by atoms with E-state index in [-0.39, 0.29) is 18.0 Å². The summed E-state index contributed by atoms with van der Waals surface area (Å²) in [5, 5.41) is 2.40. The molecule has 0 fully saturated rings. The molecule has 1 atom stereocenters. The molecule has 0 heterocycles. The summed E-state index contributed by atoms with van der Waals surface area (Å²) in [5.41, 5.74) is -0.698. The molecular formula is C24H29ClF3N3O4S. The summed E-state index contributed by atoms with van der Waals surface area (Å²) in [6.45, 7) is 3.02. The number of anilines is 1. The van der Waals surface area contributed by atoms with Crippen LogP contribution in [-0.4, -0.2) is 57.1 Å². The third kappa shape index (κ3) is 7.86. The van der Waals surface area contributed by atoms with Gasteiger partial charge in [0.1, 0.15) is 12.6 Å². The second-order valence-electron chi connectivity index (χ2n) is 8.07. The maximum Gasteiger partial charge on any atom is 0.416 e. The Bertz CT molecular complexity index is 1160. The number of carbonyl (C=O) groups is 2. The molecule has 0 unspecified atom stereocenters. The van der Waals surface area contributed by atoms with Crippen LogP contribution in [-0.2, 0) is 32.2 Å². The van der Waals surface area contributed by atoms with E-state index in [9.17, 15) is 31.2 Å². The van der Waals surface area contributed by atoms with Crippen molar-refractivity contribution < 1.29 is 31.2 Å². The number of likely N-dealkylation sites (N-methyl/N-ethyl adjacent to an activating group) is 1. The lowest BCUT2D eigenvalue weighted by atomic mass is 10.1. The largest absolute Gasteiger partial charge is 0.416 e. The van der Waals surface area contributed by atoms with Crippen molar-refractivity contribution in [3.63, 3.8) is 0 Å². The zero-order valence-corrected chi connectivity index (χ0v) is 21.8. The molecule has 0 bridgehead atoms. The normalized spacial score (nSPS) is 12.6. The molecule has 7 nitrogen and oxygen atoms in total. The number of rotatable bonds is 11. The predicted octanol–water partition coefficient (Wildman–Crippen LogP) is 4.11. The van der Waals surface area contributed by atoms with E-state index in [1.807, 2.05) is 30.3 Å². The Morgan fingerprint density at radius 2 is 1.72 bits per heavy atom. The van der Waals surface area contributed by atoms with Crippen molar-refractivity contribution >= 4 is 39.1 Å². The second kappa shape index (κ2) is 12.4. The molecule has 0 aliphatic rings. The fourth-order valence-corrected chi connectivity index (χ4v) is 4.79. The van der Waals surface area contributed by atoms with Crippen molar-refractivity contribution in [2.45, 2.75) is 38.9 Å². The number of nitrogens with one attached hydrogen (secondary N) is 1. The lowest BCUT2D eigenvalue weighted by Gasteiger charge is -2.33. The molecule has 2 amide bonds. The number of amides is 2. The average Bonchev–Trinajstić information content (AvgIpc) is 2.80. The van der Waals surface area contributed by atoms with Gasteiger partial charge in [-0.15, -0.1) is 0 Å². The van der Waals surface area contributed by atoms with Crippen LogP contribution in [0, 0.1) is 0 Å². The Morgan fingerprint density at radius 1 is 1.08 bits per heavy atom. The molecular weight excluding hydrogens is 519 g/mol. The molecule has 0 saturated heterocycles. The second-order valence-corrected chi connectivity index (χ2v) is 10.4. The molecule has 0 aromatic heterocycles. The van der Waals surface area contributed by atoms with E-state index in [2.05, 4.69) is 5.32 Å². The summed E-state index contributed by atoms with van der Waals surface area (Å²) >= 11 is 6.07. The van der Waals surface area contributed by atoms with Crippen LogP contribution in [0.25, 0.3) is 0 Å². The number of sulfonamides is 1. The van der Waals surface area contributed by atoms with Gasteiger partial charge in [0.05, 0.1) is 22.5 Å². The zero-order chi connectivity index (χ0) is 27.1. The third-order valence-corrected chi connectivity index (χ3v) is 6.89. The van der Waals surface area contributed by atoms with Gasteiger partial charge in [-0.25, -0.2) is 8.42 Å². The molecule has 2 aromatic carbocycles. The molecule has 0 aliphatic heterocycles. The molecule has 2 aromatic rings. The molecule has 36 heavy (non-hydrogen) atoms. The SMILES string of the molecule is CCNC(=O)[C@@H](CC)N(CCc1ccccc1)C(=O)CN(c1cc(C(F)(F)F)ccc1Cl)S(C)(=O)=O. The fraction of sp³-hybridized carbons (Fsp3) is 0.417. The van der Waals surface area contributed by atoms with Gasteiger partial charge < -0.3 is 10.2 Å². The van der Waals surface area contributed by atoms with Gasteiger partial charge in [0.25, 0.3) is 0 Å². The molecule has 12 heteroatoms. The van der Waals surface area contributed by atoms with Gasteiger partial charge in [0.15, 0.2) is 0 Å². The van der Waals surface area contributed by atoms with Crippen LogP contribution in [0.2, 0.25) is 5.02 Å². The van der Waals surface area contributed by atoms with Crippen LogP contribution >= 0.6 is 11.6 Å². The lowest BCUT2D eigenvalue weighted by molar-refractivity contribution is -0.139. The van der Waals surface area contributed by atoms with E-state index in [4.69, 9.17) is 11.6 Å². The topological polar surface area (TPSA) is 86.8 Å². The van der Waals surface area contributed by atoms with Crippen molar-refractivity contribution in [3.8, 4) is 0 Å². The van der Waals surface area contributed by atoms with Gasteiger partial charge >= 0.3 is 6.18 Å². The third-order valence-electron chi connectivity index (χ3n) is 5.44. The minimum absolute atomic E-state index is 0.0897. The van der Waals surface area contributed by atoms with Gasteiger partial charge in [0.2, 0.25) is 21.8 Å². The maximum atomic E-state index is 13.5. The Balaban J connectivity index is 2.46. The number of hydrogen-bond acceptors (Lipinski definition) is 4. The number of alkyl halides is 3. The molecule has 0 spiro atoms. The number of halogens is 4. The Hall–Kier alpha value is -2.79. The summed E-state index contributed by atoms with van der Waals surface area (Å²) in [6.07, 6.45) is -3.35. The van der Waals surface area contributed by atoms with Gasteiger partial charge in [-0.3, -0.25) is 13.9 Å². The Kier molecular flexibility index (Phi) is 10.2. The molecule has 1 N–H and O–H groups in total. The minimum atomic E-state index is -4.75. The quantitative estimate of drug-likeness (QED) is 0.459. The first-order chi connectivity index (χ1) is 16.8. The molecule has 198 valence electrons. The van der Waals surface area contributed by atoms with Gasteiger partial charge in [-0.05, 0) is 43.5 Å². The van der Waals surface area contributed by atoms with Crippen molar-refractivity contribution in [1.29, 1.82) is 0 Å². The van der Waals surface area contributed by atoms with Crippen molar-refractivity contribution in [1.82, 2.24) is 10.2 Å². The highest BCUT2D eigenvalue weighted by Crippen LogP contribution is 2.36. The van der Waals surface area contributed by atoms with E-state index in [1.54, 1.807) is 13.8 Å². The van der Waals surface area contributed by atoms with E-state index < -0.39 is 51.9 Å². The van der Waals surface area contributed by atoms with Crippen molar-refractivity contribution in [2.24, 2.45) is 0 Å². The summed E-state index contributed by atoms with van der Waals surface area (Å²) < 4.78 is 65.6. The number of hydrogen-bond donors (Lipinski definition) is 1. The van der Waals surface area contributed by atoms with E-state index in [0.29, 0.717) is 23.3 Å². The van der Waals surface area contributed by atoms with Crippen LogP contribution in [0.15, 0.2) is 48.5 Å². The monoisotopic (exact) mass is 547 g/mol. The van der Waals surface area contributed by atoms with Crippen LogP contribution in [0.5, 0.6) is 0 Å². The van der Waals surface area contributed by atoms with Gasteiger partial charge in [-0.1, -0.05) is 48.9 Å².